The highest BCUT2D eigenvalue weighted by Crippen LogP contribution is 2.28. The lowest BCUT2D eigenvalue weighted by molar-refractivity contribution is 0.122. The van der Waals surface area contributed by atoms with Crippen molar-refractivity contribution in [3.63, 3.8) is 0 Å². The van der Waals surface area contributed by atoms with Crippen molar-refractivity contribution in [2.24, 2.45) is 17.6 Å². The topological polar surface area (TPSA) is 93.5 Å². The molecular weight excluding hydrogens is 280 g/mol. The summed E-state index contributed by atoms with van der Waals surface area (Å²) in [6, 6.07) is 2.03. The fourth-order valence-electron chi connectivity index (χ4n) is 3.25. The molecule has 0 unspecified atom stereocenters. The summed E-state index contributed by atoms with van der Waals surface area (Å²) in [7, 11) is 0. The van der Waals surface area contributed by atoms with Gasteiger partial charge in [-0.15, -0.1) is 0 Å². The highest BCUT2D eigenvalue weighted by molar-refractivity contribution is 5.53. The molecule has 7 nitrogen and oxygen atoms in total. The SMILES string of the molecule is CC(C)[C@H]1CN(c2cc(N)nc(N3CCOCC3)n2)C[C@@H]1N. The summed E-state index contributed by atoms with van der Waals surface area (Å²) in [5, 5.41) is 0. The Hall–Kier alpha value is -1.60. The molecule has 0 amide bonds. The van der Waals surface area contributed by atoms with Gasteiger partial charge in [0.2, 0.25) is 5.95 Å². The number of morpholine rings is 1. The summed E-state index contributed by atoms with van der Waals surface area (Å²) in [6.07, 6.45) is 0. The van der Waals surface area contributed by atoms with Gasteiger partial charge in [-0.2, -0.15) is 9.97 Å². The number of anilines is 3. The van der Waals surface area contributed by atoms with Crippen LogP contribution in [-0.4, -0.2) is 55.4 Å². The highest BCUT2D eigenvalue weighted by atomic mass is 16.5. The smallest absolute Gasteiger partial charge is 0.229 e. The lowest BCUT2D eigenvalue weighted by atomic mass is 9.92. The Labute approximate surface area is 131 Å². The van der Waals surface area contributed by atoms with Gasteiger partial charge in [0.05, 0.1) is 13.2 Å². The number of aromatic nitrogens is 2. The summed E-state index contributed by atoms with van der Waals surface area (Å²) in [4.78, 5) is 13.5. The predicted molar refractivity (Wildman–Crippen MR) is 88.0 cm³/mol. The van der Waals surface area contributed by atoms with E-state index in [0.29, 0.717) is 36.8 Å². The zero-order valence-corrected chi connectivity index (χ0v) is 13.4. The average molecular weight is 306 g/mol. The van der Waals surface area contributed by atoms with Gasteiger partial charge >= 0.3 is 0 Å². The molecule has 3 heterocycles. The molecular formula is C15H26N6O. The van der Waals surface area contributed by atoms with Crippen LogP contribution in [-0.2, 0) is 4.74 Å². The van der Waals surface area contributed by atoms with E-state index in [-0.39, 0.29) is 6.04 Å². The van der Waals surface area contributed by atoms with Gasteiger partial charge < -0.3 is 26.0 Å². The van der Waals surface area contributed by atoms with Gasteiger partial charge in [0.25, 0.3) is 0 Å². The molecule has 2 aliphatic heterocycles. The maximum absolute atomic E-state index is 6.28. The average Bonchev–Trinajstić information content (AvgIpc) is 2.90. The monoisotopic (exact) mass is 306 g/mol. The van der Waals surface area contributed by atoms with Crippen LogP contribution in [0.15, 0.2) is 6.07 Å². The first-order valence-corrected chi connectivity index (χ1v) is 8.02. The molecule has 3 rings (SSSR count). The van der Waals surface area contributed by atoms with Crippen LogP contribution in [0.2, 0.25) is 0 Å². The van der Waals surface area contributed by atoms with Gasteiger partial charge in [-0.1, -0.05) is 13.8 Å². The van der Waals surface area contributed by atoms with Gasteiger partial charge in [-0.25, -0.2) is 0 Å². The van der Waals surface area contributed by atoms with Crippen molar-refractivity contribution in [2.75, 3.05) is 54.9 Å². The molecule has 4 N–H and O–H groups in total. The van der Waals surface area contributed by atoms with Gasteiger partial charge in [0.1, 0.15) is 11.6 Å². The second-order valence-electron chi connectivity index (χ2n) is 6.53. The molecule has 0 spiro atoms. The van der Waals surface area contributed by atoms with Crippen LogP contribution >= 0.6 is 0 Å². The van der Waals surface area contributed by atoms with Crippen LogP contribution in [0.1, 0.15) is 13.8 Å². The quantitative estimate of drug-likeness (QED) is 0.830. The number of hydrogen-bond donors (Lipinski definition) is 2. The van der Waals surface area contributed by atoms with Crippen LogP contribution in [0.25, 0.3) is 0 Å². The van der Waals surface area contributed by atoms with E-state index in [1.54, 1.807) is 0 Å². The Morgan fingerprint density at radius 1 is 1.18 bits per heavy atom. The first-order chi connectivity index (χ1) is 10.5. The largest absolute Gasteiger partial charge is 0.383 e. The van der Waals surface area contributed by atoms with E-state index in [9.17, 15) is 0 Å². The summed E-state index contributed by atoms with van der Waals surface area (Å²) in [5.41, 5.74) is 12.3. The Bertz CT molecular complexity index is 517. The van der Waals surface area contributed by atoms with Crippen molar-refractivity contribution < 1.29 is 4.74 Å². The molecule has 0 radical (unpaired) electrons. The third-order valence-electron chi connectivity index (χ3n) is 4.61. The van der Waals surface area contributed by atoms with E-state index in [0.717, 1.165) is 32.0 Å². The minimum absolute atomic E-state index is 0.183. The van der Waals surface area contributed by atoms with Crippen LogP contribution in [0, 0.1) is 11.8 Å². The van der Waals surface area contributed by atoms with E-state index in [4.69, 9.17) is 21.2 Å². The molecule has 1 aromatic heterocycles. The van der Waals surface area contributed by atoms with E-state index in [1.165, 1.54) is 0 Å². The second-order valence-corrected chi connectivity index (χ2v) is 6.53. The summed E-state index contributed by atoms with van der Waals surface area (Å²) in [5.74, 6) is 3.14. The first-order valence-electron chi connectivity index (χ1n) is 8.02. The minimum atomic E-state index is 0.183. The molecule has 0 saturated carbocycles. The van der Waals surface area contributed by atoms with Crippen molar-refractivity contribution in [3.05, 3.63) is 6.07 Å². The summed E-state index contributed by atoms with van der Waals surface area (Å²) < 4.78 is 5.38. The van der Waals surface area contributed by atoms with Crippen molar-refractivity contribution in [3.8, 4) is 0 Å². The third kappa shape index (κ3) is 3.10. The standard InChI is InChI=1S/C15H26N6O/c1-10(2)11-8-21(9-12(11)16)14-7-13(17)18-15(19-14)20-3-5-22-6-4-20/h7,10-12H,3-6,8-9,16H2,1-2H3,(H2,17,18,19)/t11-,12+/m1/s1. The maximum Gasteiger partial charge on any atom is 0.229 e. The lowest BCUT2D eigenvalue weighted by Gasteiger charge is -2.28. The molecule has 2 atom stereocenters. The van der Waals surface area contributed by atoms with Crippen molar-refractivity contribution >= 4 is 17.6 Å². The van der Waals surface area contributed by atoms with E-state index in [2.05, 4.69) is 28.6 Å². The molecule has 22 heavy (non-hydrogen) atoms. The van der Waals surface area contributed by atoms with Gasteiger partial charge in [-0.05, 0) is 11.8 Å². The van der Waals surface area contributed by atoms with Crippen molar-refractivity contribution in [1.82, 2.24) is 9.97 Å². The van der Waals surface area contributed by atoms with E-state index < -0.39 is 0 Å². The Balaban J connectivity index is 1.80. The highest BCUT2D eigenvalue weighted by Gasteiger charge is 2.33. The van der Waals surface area contributed by atoms with Crippen molar-refractivity contribution in [1.29, 1.82) is 0 Å². The molecule has 2 fully saturated rings. The van der Waals surface area contributed by atoms with Crippen LogP contribution < -0.4 is 21.3 Å². The molecule has 2 saturated heterocycles. The van der Waals surface area contributed by atoms with Gasteiger partial charge in [0.15, 0.2) is 0 Å². The van der Waals surface area contributed by atoms with Crippen molar-refractivity contribution in [2.45, 2.75) is 19.9 Å². The molecule has 1 aromatic rings. The fourth-order valence-corrected chi connectivity index (χ4v) is 3.25. The van der Waals surface area contributed by atoms with Crippen LogP contribution in [0.3, 0.4) is 0 Å². The van der Waals surface area contributed by atoms with Gasteiger partial charge in [-0.3, -0.25) is 0 Å². The minimum Gasteiger partial charge on any atom is -0.383 e. The zero-order chi connectivity index (χ0) is 15.7. The van der Waals surface area contributed by atoms with Crippen LogP contribution in [0.5, 0.6) is 0 Å². The molecule has 2 aliphatic rings. The molecule has 0 aliphatic carbocycles. The van der Waals surface area contributed by atoms with Gasteiger partial charge in [0, 0.05) is 38.3 Å². The second kappa shape index (κ2) is 6.26. The number of ether oxygens (including phenoxy) is 1. The summed E-state index contributed by atoms with van der Waals surface area (Å²) in [6.45, 7) is 9.21. The zero-order valence-electron chi connectivity index (χ0n) is 13.4. The lowest BCUT2D eigenvalue weighted by Crippen LogP contribution is -2.38. The number of rotatable bonds is 3. The Kier molecular flexibility index (Phi) is 4.35. The van der Waals surface area contributed by atoms with Crippen LogP contribution in [0.4, 0.5) is 17.6 Å². The Morgan fingerprint density at radius 3 is 2.55 bits per heavy atom. The molecule has 0 bridgehead atoms. The maximum atomic E-state index is 6.28. The first kappa shape index (κ1) is 15.3. The fraction of sp³-hybridized carbons (Fsp3) is 0.733. The Morgan fingerprint density at radius 2 is 1.91 bits per heavy atom. The molecule has 122 valence electrons. The normalized spacial score (nSPS) is 26.0. The number of hydrogen-bond acceptors (Lipinski definition) is 7. The number of nitrogen functional groups attached to an aromatic ring is 1. The molecule has 0 aromatic carbocycles. The van der Waals surface area contributed by atoms with E-state index in [1.807, 2.05) is 6.07 Å². The third-order valence-corrected chi connectivity index (χ3v) is 4.61. The molecule has 7 heteroatoms. The summed E-state index contributed by atoms with van der Waals surface area (Å²) >= 11 is 0. The number of nitrogens with zero attached hydrogens (tertiary/aromatic N) is 4. The predicted octanol–water partition coefficient (Wildman–Crippen LogP) is 0.315. The number of nitrogens with two attached hydrogens (primary N) is 2. The van der Waals surface area contributed by atoms with E-state index >= 15 is 0 Å².